The van der Waals surface area contributed by atoms with E-state index >= 15 is 0 Å². The van der Waals surface area contributed by atoms with Crippen LogP contribution in [0.15, 0.2) is 69.6 Å². The molecule has 1 aliphatic heterocycles. The fraction of sp³-hybridized carbons (Fsp3) is 0.174. The number of alkyl halides is 2. The van der Waals surface area contributed by atoms with Crippen LogP contribution in [0.2, 0.25) is 0 Å². The number of hydrogen-bond acceptors (Lipinski definition) is 8. The maximum absolute atomic E-state index is 14.2. The smallest absolute Gasteiger partial charge is 0.387 e. The molecular weight excluding hydrogens is 535 g/mol. The van der Waals surface area contributed by atoms with Gasteiger partial charge in [0, 0.05) is 0 Å². The summed E-state index contributed by atoms with van der Waals surface area (Å²) in [4.78, 5) is 26.9. The lowest BCUT2D eigenvalue weighted by Crippen LogP contribution is -2.41. The summed E-state index contributed by atoms with van der Waals surface area (Å²) >= 11 is 2.85. The first-order valence-electron chi connectivity index (χ1n) is 9.76. The number of carbonyl (C=O) groups excluding carboxylic acids is 2. The summed E-state index contributed by atoms with van der Waals surface area (Å²) in [5.74, 6) is -5.36. The quantitative estimate of drug-likeness (QED) is 0.534. The first kappa shape index (κ1) is 25.6. The van der Waals surface area contributed by atoms with Crippen LogP contribution in [0.3, 0.4) is 0 Å². The van der Waals surface area contributed by atoms with Crippen LogP contribution in [0.5, 0.6) is 5.75 Å². The molecule has 3 rings (SSSR count). The predicted octanol–water partition coefficient (Wildman–Crippen LogP) is 4.09. The SMILES string of the molecule is COC(=O)C1=C(C(=O)OC)N(c2ccc(F)c(Br)c2OC(F)F)C(N)=C(C#N)C1c1ccccc1. The van der Waals surface area contributed by atoms with Crippen molar-refractivity contribution in [1.82, 2.24) is 0 Å². The van der Waals surface area contributed by atoms with Gasteiger partial charge in [-0.25, -0.2) is 14.0 Å². The number of halogens is 4. The van der Waals surface area contributed by atoms with E-state index in [0.717, 1.165) is 31.3 Å². The molecule has 2 N–H and O–H groups in total. The van der Waals surface area contributed by atoms with Crippen LogP contribution in [-0.2, 0) is 19.1 Å². The van der Waals surface area contributed by atoms with E-state index in [1.165, 1.54) is 0 Å². The van der Waals surface area contributed by atoms with Crippen molar-refractivity contribution >= 4 is 33.6 Å². The molecule has 1 aliphatic rings. The summed E-state index contributed by atoms with van der Waals surface area (Å²) in [6, 6.07) is 12.0. The fourth-order valence-electron chi connectivity index (χ4n) is 3.66. The average Bonchev–Trinajstić information content (AvgIpc) is 2.85. The minimum absolute atomic E-state index is 0.201. The van der Waals surface area contributed by atoms with Gasteiger partial charge in [0.15, 0.2) is 5.75 Å². The number of esters is 2. The van der Waals surface area contributed by atoms with Gasteiger partial charge in [-0.15, -0.1) is 0 Å². The third-order valence-corrected chi connectivity index (χ3v) is 5.83. The maximum atomic E-state index is 14.2. The molecule has 0 amide bonds. The lowest BCUT2D eigenvalue weighted by molar-refractivity contribution is -0.139. The van der Waals surface area contributed by atoms with Crippen LogP contribution in [-0.4, -0.2) is 32.8 Å². The summed E-state index contributed by atoms with van der Waals surface area (Å²) in [5, 5.41) is 10.00. The molecule has 0 saturated carbocycles. The van der Waals surface area contributed by atoms with E-state index in [1.807, 2.05) is 6.07 Å². The first-order chi connectivity index (χ1) is 16.7. The summed E-state index contributed by atoms with van der Waals surface area (Å²) in [6.45, 7) is -3.39. The Balaban J connectivity index is 2.47. The zero-order chi connectivity index (χ0) is 25.9. The second kappa shape index (κ2) is 10.5. The number of nitrogens with zero attached hydrogens (tertiary/aromatic N) is 2. The van der Waals surface area contributed by atoms with Gasteiger partial charge >= 0.3 is 18.6 Å². The van der Waals surface area contributed by atoms with Crippen molar-refractivity contribution in [2.45, 2.75) is 12.5 Å². The summed E-state index contributed by atoms with van der Waals surface area (Å²) in [5.41, 5.74) is 5.28. The number of ether oxygens (including phenoxy) is 3. The molecule has 0 aromatic heterocycles. The number of nitrogens with two attached hydrogens (primary N) is 1. The Labute approximate surface area is 206 Å². The minimum atomic E-state index is -3.39. The molecule has 0 saturated heterocycles. The molecule has 0 bridgehead atoms. The molecule has 0 aliphatic carbocycles. The molecule has 35 heavy (non-hydrogen) atoms. The molecule has 1 unspecified atom stereocenters. The third kappa shape index (κ3) is 4.67. The molecule has 0 fully saturated rings. The highest BCUT2D eigenvalue weighted by Gasteiger charge is 2.44. The van der Waals surface area contributed by atoms with E-state index in [9.17, 15) is 28.0 Å². The normalized spacial score (nSPS) is 15.7. The number of allylic oxidation sites excluding steroid dienone is 1. The number of hydrogen-bond donors (Lipinski definition) is 1. The van der Waals surface area contributed by atoms with E-state index in [1.54, 1.807) is 30.3 Å². The number of carbonyl (C=O) groups is 2. The molecular formula is C23H17BrF3N3O5. The van der Waals surface area contributed by atoms with Crippen LogP contribution in [0.4, 0.5) is 18.9 Å². The largest absolute Gasteiger partial charge is 0.466 e. The molecule has 1 heterocycles. The Morgan fingerprint density at radius 1 is 1.11 bits per heavy atom. The molecule has 2 aromatic rings. The molecule has 2 aromatic carbocycles. The van der Waals surface area contributed by atoms with Gasteiger partial charge in [-0.3, -0.25) is 4.90 Å². The summed E-state index contributed by atoms with van der Waals surface area (Å²) in [7, 11) is 2.08. The lowest BCUT2D eigenvalue weighted by Gasteiger charge is -2.36. The molecule has 0 radical (unpaired) electrons. The second-order valence-electron chi connectivity index (χ2n) is 6.92. The Bertz CT molecular complexity index is 1280. The Kier molecular flexibility index (Phi) is 7.71. The van der Waals surface area contributed by atoms with Crippen LogP contribution in [0, 0.1) is 17.1 Å². The van der Waals surface area contributed by atoms with Gasteiger partial charge in [0.05, 0.1) is 47.5 Å². The number of methoxy groups -OCH3 is 2. The minimum Gasteiger partial charge on any atom is -0.466 e. The van der Waals surface area contributed by atoms with Gasteiger partial charge in [0.25, 0.3) is 0 Å². The van der Waals surface area contributed by atoms with Crippen LogP contribution in [0.25, 0.3) is 0 Å². The van der Waals surface area contributed by atoms with Crippen molar-refractivity contribution in [1.29, 1.82) is 5.26 Å². The molecule has 1 atom stereocenters. The van der Waals surface area contributed by atoms with Crippen molar-refractivity contribution in [2.75, 3.05) is 19.1 Å². The molecule has 182 valence electrons. The second-order valence-corrected chi connectivity index (χ2v) is 7.72. The predicted molar refractivity (Wildman–Crippen MR) is 120 cm³/mol. The number of nitriles is 1. The zero-order valence-corrected chi connectivity index (χ0v) is 19.8. The van der Waals surface area contributed by atoms with Gasteiger partial charge in [-0.2, -0.15) is 14.0 Å². The van der Waals surface area contributed by atoms with Gasteiger partial charge in [0.1, 0.15) is 17.3 Å². The first-order valence-corrected chi connectivity index (χ1v) is 10.6. The number of anilines is 1. The van der Waals surface area contributed by atoms with E-state index in [0.29, 0.717) is 5.56 Å². The van der Waals surface area contributed by atoms with E-state index in [2.05, 4.69) is 20.7 Å². The fourth-order valence-corrected chi connectivity index (χ4v) is 4.09. The van der Waals surface area contributed by atoms with Crippen LogP contribution >= 0.6 is 15.9 Å². The summed E-state index contributed by atoms with van der Waals surface area (Å²) in [6.07, 6.45) is 0. The van der Waals surface area contributed by atoms with E-state index in [-0.39, 0.29) is 16.8 Å². The van der Waals surface area contributed by atoms with Crippen LogP contribution in [0.1, 0.15) is 11.5 Å². The van der Waals surface area contributed by atoms with Crippen molar-refractivity contribution < 1.29 is 37.0 Å². The topological polar surface area (TPSA) is 115 Å². The zero-order valence-electron chi connectivity index (χ0n) is 18.2. The standard InChI is InChI=1S/C23H17BrF3N3O5/c1-33-21(31)16-15(11-6-4-3-5-7-11)12(10-28)20(29)30(18(16)22(32)34-2)14-9-8-13(25)17(24)19(14)35-23(26)27/h3-9,15,23H,29H2,1-2H3. The number of rotatable bonds is 6. The highest BCUT2D eigenvalue weighted by molar-refractivity contribution is 9.10. The third-order valence-electron chi connectivity index (χ3n) is 5.09. The highest BCUT2D eigenvalue weighted by Crippen LogP contribution is 2.47. The number of benzene rings is 2. The highest BCUT2D eigenvalue weighted by atomic mass is 79.9. The van der Waals surface area contributed by atoms with Crippen molar-refractivity contribution in [3.8, 4) is 11.8 Å². The van der Waals surface area contributed by atoms with Crippen molar-refractivity contribution in [2.24, 2.45) is 5.73 Å². The van der Waals surface area contributed by atoms with Gasteiger partial charge in [-0.1, -0.05) is 30.3 Å². The average molecular weight is 552 g/mol. The Morgan fingerprint density at radius 2 is 1.74 bits per heavy atom. The molecule has 0 spiro atoms. The van der Waals surface area contributed by atoms with Gasteiger partial charge < -0.3 is 19.9 Å². The maximum Gasteiger partial charge on any atom is 0.387 e. The van der Waals surface area contributed by atoms with Crippen molar-refractivity contribution in [3.63, 3.8) is 0 Å². The van der Waals surface area contributed by atoms with Gasteiger partial charge in [-0.05, 0) is 33.6 Å². The monoisotopic (exact) mass is 551 g/mol. The Hall–Kier alpha value is -3.98. The molecule has 12 heteroatoms. The lowest BCUT2D eigenvalue weighted by atomic mass is 9.81. The van der Waals surface area contributed by atoms with E-state index in [4.69, 9.17) is 15.2 Å². The van der Waals surface area contributed by atoms with Crippen molar-refractivity contribution in [3.05, 3.63) is 81.0 Å². The summed E-state index contributed by atoms with van der Waals surface area (Å²) < 4.78 is 54.4. The van der Waals surface area contributed by atoms with Crippen LogP contribution < -0.4 is 15.4 Å². The van der Waals surface area contributed by atoms with E-state index < -0.39 is 52.0 Å². The Morgan fingerprint density at radius 3 is 2.29 bits per heavy atom. The molecule has 8 nitrogen and oxygen atoms in total. The van der Waals surface area contributed by atoms with Gasteiger partial charge in [0.2, 0.25) is 0 Å².